The van der Waals surface area contributed by atoms with Crippen molar-refractivity contribution in [3.05, 3.63) is 63.4 Å². The molecule has 3 rings (SSSR count). The number of thiazole rings is 1. The average Bonchev–Trinajstić information content (AvgIpc) is 3.15. The Balaban J connectivity index is 1.91. The minimum atomic E-state index is -0.216. The maximum absolute atomic E-state index is 12.2. The predicted molar refractivity (Wildman–Crippen MR) is 102 cm³/mol. The molecule has 0 saturated carbocycles. The van der Waals surface area contributed by atoms with Crippen LogP contribution >= 0.6 is 11.3 Å². The first-order chi connectivity index (χ1) is 12.5. The lowest BCUT2D eigenvalue weighted by molar-refractivity contribution is 0.0948. The second kappa shape index (κ2) is 7.80. The Labute approximate surface area is 156 Å². The number of hydrogen-bond acceptors (Lipinski definition) is 5. The van der Waals surface area contributed by atoms with E-state index in [-0.39, 0.29) is 19.1 Å². The number of carbonyl (C=O) groups excluding carboxylic acids is 1. The highest BCUT2D eigenvalue weighted by Crippen LogP contribution is 2.26. The van der Waals surface area contributed by atoms with Crippen molar-refractivity contribution >= 4 is 17.2 Å². The molecule has 1 amide bonds. The lowest BCUT2D eigenvalue weighted by Crippen LogP contribution is -2.26. The number of benzene rings is 1. The van der Waals surface area contributed by atoms with E-state index in [1.54, 1.807) is 0 Å². The standard InChI is InChI=1S/C19H22N4O2S/c1-12-16(11-15-7-5-4-6-8-15)14(3)23(22-12)19-21-13(2)17(26-19)18(25)20-9-10-24/h4-8,24H,9-11H2,1-3H3,(H,20,25). The van der Waals surface area contributed by atoms with Gasteiger partial charge < -0.3 is 10.4 Å². The monoisotopic (exact) mass is 370 g/mol. The zero-order valence-corrected chi connectivity index (χ0v) is 15.9. The number of aliphatic hydroxyl groups is 1. The molecule has 26 heavy (non-hydrogen) atoms. The molecule has 0 atom stereocenters. The quantitative estimate of drug-likeness (QED) is 0.699. The maximum atomic E-state index is 12.2. The van der Waals surface area contributed by atoms with Crippen LogP contribution in [0.25, 0.3) is 5.13 Å². The van der Waals surface area contributed by atoms with E-state index in [2.05, 4.69) is 27.5 Å². The molecule has 0 unspecified atom stereocenters. The summed E-state index contributed by atoms with van der Waals surface area (Å²) >= 11 is 1.31. The van der Waals surface area contributed by atoms with Crippen molar-refractivity contribution in [2.24, 2.45) is 0 Å². The molecule has 0 aliphatic heterocycles. The number of aromatic nitrogens is 3. The van der Waals surface area contributed by atoms with Crippen molar-refractivity contribution < 1.29 is 9.90 Å². The number of aryl methyl sites for hydroxylation is 2. The van der Waals surface area contributed by atoms with E-state index in [0.717, 1.165) is 17.8 Å². The van der Waals surface area contributed by atoms with E-state index in [4.69, 9.17) is 5.11 Å². The molecule has 136 valence electrons. The molecule has 0 aliphatic rings. The molecule has 0 radical (unpaired) electrons. The molecule has 0 saturated heterocycles. The summed E-state index contributed by atoms with van der Waals surface area (Å²) in [5.74, 6) is -0.216. The Morgan fingerprint density at radius 2 is 1.92 bits per heavy atom. The maximum Gasteiger partial charge on any atom is 0.263 e. The SMILES string of the molecule is Cc1nc(-n2nc(C)c(Cc3ccccc3)c2C)sc1C(=O)NCCO. The Bertz CT molecular complexity index is 915. The van der Waals surface area contributed by atoms with Gasteiger partial charge in [0.2, 0.25) is 5.13 Å². The van der Waals surface area contributed by atoms with E-state index in [9.17, 15) is 4.79 Å². The second-order valence-electron chi connectivity index (χ2n) is 6.11. The Kier molecular flexibility index (Phi) is 5.49. The van der Waals surface area contributed by atoms with Gasteiger partial charge in [-0.25, -0.2) is 9.67 Å². The van der Waals surface area contributed by atoms with Gasteiger partial charge in [0.1, 0.15) is 4.88 Å². The predicted octanol–water partition coefficient (Wildman–Crippen LogP) is 2.57. The summed E-state index contributed by atoms with van der Waals surface area (Å²) in [5.41, 5.74) is 5.07. The van der Waals surface area contributed by atoms with Crippen LogP contribution in [0.3, 0.4) is 0 Å². The number of rotatable bonds is 6. The fraction of sp³-hybridized carbons (Fsp3) is 0.316. The zero-order chi connectivity index (χ0) is 18.7. The first-order valence-electron chi connectivity index (χ1n) is 8.47. The molecule has 0 spiro atoms. The summed E-state index contributed by atoms with van der Waals surface area (Å²) in [6, 6.07) is 10.3. The van der Waals surface area contributed by atoms with Gasteiger partial charge in [-0.15, -0.1) is 0 Å². The molecule has 1 aromatic carbocycles. The number of amides is 1. The minimum absolute atomic E-state index is 0.0866. The topological polar surface area (TPSA) is 80.0 Å². The van der Waals surface area contributed by atoms with Crippen molar-refractivity contribution in [3.63, 3.8) is 0 Å². The van der Waals surface area contributed by atoms with Crippen molar-refractivity contribution in [2.75, 3.05) is 13.2 Å². The van der Waals surface area contributed by atoms with E-state index in [1.807, 2.05) is 43.7 Å². The van der Waals surface area contributed by atoms with Gasteiger partial charge in [0.15, 0.2) is 0 Å². The van der Waals surface area contributed by atoms with Crippen LogP contribution in [0, 0.1) is 20.8 Å². The summed E-state index contributed by atoms with van der Waals surface area (Å²) in [4.78, 5) is 17.3. The smallest absolute Gasteiger partial charge is 0.263 e. The highest BCUT2D eigenvalue weighted by molar-refractivity contribution is 7.16. The normalized spacial score (nSPS) is 10.9. The molecular formula is C19H22N4O2S. The molecule has 3 aromatic rings. The molecule has 2 heterocycles. The van der Waals surface area contributed by atoms with E-state index < -0.39 is 0 Å². The molecule has 0 fully saturated rings. The van der Waals surface area contributed by atoms with Crippen molar-refractivity contribution in [1.29, 1.82) is 0 Å². The molecule has 7 heteroatoms. The number of aliphatic hydroxyl groups excluding tert-OH is 1. The molecule has 2 N–H and O–H groups in total. The first kappa shape index (κ1) is 18.3. The largest absolute Gasteiger partial charge is 0.395 e. The summed E-state index contributed by atoms with van der Waals surface area (Å²) in [5, 5.41) is 16.9. The van der Waals surface area contributed by atoms with Gasteiger partial charge in [0, 0.05) is 24.2 Å². The van der Waals surface area contributed by atoms with Gasteiger partial charge in [0.25, 0.3) is 5.91 Å². The molecule has 6 nitrogen and oxygen atoms in total. The number of nitrogens with one attached hydrogen (secondary N) is 1. The number of hydrogen-bond donors (Lipinski definition) is 2. The lowest BCUT2D eigenvalue weighted by atomic mass is 10.0. The van der Waals surface area contributed by atoms with Crippen LogP contribution in [-0.4, -0.2) is 38.9 Å². The summed E-state index contributed by atoms with van der Waals surface area (Å²) < 4.78 is 1.81. The highest BCUT2D eigenvalue weighted by atomic mass is 32.1. The minimum Gasteiger partial charge on any atom is -0.395 e. The van der Waals surface area contributed by atoms with Crippen LogP contribution in [0.1, 0.15) is 37.9 Å². The highest BCUT2D eigenvalue weighted by Gasteiger charge is 2.20. The average molecular weight is 370 g/mol. The van der Waals surface area contributed by atoms with Gasteiger partial charge >= 0.3 is 0 Å². The number of nitrogens with zero attached hydrogens (tertiary/aromatic N) is 3. The summed E-state index contributed by atoms with van der Waals surface area (Å²) in [6.45, 7) is 5.98. The van der Waals surface area contributed by atoms with Crippen LogP contribution in [0.4, 0.5) is 0 Å². The van der Waals surface area contributed by atoms with Crippen LogP contribution in [0.5, 0.6) is 0 Å². The zero-order valence-electron chi connectivity index (χ0n) is 15.1. The first-order valence-corrected chi connectivity index (χ1v) is 9.28. The Hall–Kier alpha value is -2.51. The van der Waals surface area contributed by atoms with Crippen LogP contribution in [0.15, 0.2) is 30.3 Å². The van der Waals surface area contributed by atoms with Gasteiger partial charge in [-0.2, -0.15) is 5.10 Å². The summed E-state index contributed by atoms with van der Waals surface area (Å²) in [7, 11) is 0. The molecular weight excluding hydrogens is 348 g/mol. The van der Waals surface area contributed by atoms with E-state index >= 15 is 0 Å². The second-order valence-corrected chi connectivity index (χ2v) is 7.09. The Morgan fingerprint density at radius 1 is 1.19 bits per heavy atom. The van der Waals surface area contributed by atoms with Crippen LogP contribution in [0.2, 0.25) is 0 Å². The van der Waals surface area contributed by atoms with Gasteiger partial charge in [0.05, 0.1) is 18.0 Å². The van der Waals surface area contributed by atoms with Gasteiger partial charge in [-0.05, 0) is 26.3 Å². The molecule has 0 bridgehead atoms. The van der Waals surface area contributed by atoms with Gasteiger partial charge in [-0.1, -0.05) is 41.7 Å². The fourth-order valence-electron chi connectivity index (χ4n) is 2.85. The third-order valence-corrected chi connectivity index (χ3v) is 5.37. The van der Waals surface area contributed by atoms with Crippen LogP contribution in [-0.2, 0) is 6.42 Å². The fourth-order valence-corrected chi connectivity index (χ4v) is 3.84. The van der Waals surface area contributed by atoms with Crippen molar-refractivity contribution in [3.8, 4) is 5.13 Å². The molecule has 2 aromatic heterocycles. The summed E-state index contributed by atoms with van der Waals surface area (Å²) in [6.07, 6.45) is 0.812. The van der Waals surface area contributed by atoms with Crippen molar-refractivity contribution in [2.45, 2.75) is 27.2 Å². The van der Waals surface area contributed by atoms with E-state index in [0.29, 0.717) is 15.7 Å². The van der Waals surface area contributed by atoms with Crippen molar-refractivity contribution in [1.82, 2.24) is 20.1 Å². The molecule has 0 aliphatic carbocycles. The van der Waals surface area contributed by atoms with Crippen LogP contribution < -0.4 is 5.32 Å². The van der Waals surface area contributed by atoms with E-state index in [1.165, 1.54) is 22.5 Å². The number of carbonyl (C=O) groups is 1. The third-order valence-electron chi connectivity index (χ3n) is 4.23. The van der Waals surface area contributed by atoms with Gasteiger partial charge in [-0.3, -0.25) is 4.79 Å². The lowest BCUT2D eigenvalue weighted by Gasteiger charge is -2.03. The third kappa shape index (κ3) is 3.68. The Morgan fingerprint density at radius 3 is 2.62 bits per heavy atom.